The first-order chi connectivity index (χ1) is 27.4. The standard InChI is InChI=1S/C47H86NO7P/c1-3-5-7-9-11-13-15-17-19-20-21-22-23-24-25-26-27-28-30-32-34-36-38-40-47(49)55-46(45-54-56(50,51)53-43-41-48)44-52-42-39-37-35-33-31-29-18-16-14-12-10-8-6-4-2/h5,7,11,13,17,19,21-22,24-25,46H,3-4,6,8-10,12,14-16,18,20,23,26-45,48H2,1-2H3,(H,50,51)/b7-5-,13-11-,19-17-,22-21-,25-24-. The number of ether oxygens (including phenoxy) is 2. The Bertz CT molecular complexity index is 1040. The van der Waals surface area contributed by atoms with Crippen molar-refractivity contribution in [3.8, 4) is 0 Å². The molecule has 0 heterocycles. The summed E-state index contributed by atoms with van der Waals surface area (Å²) in [6.45, 7) is 4.81. The number of rotatable bonds is 43. The lowest BCUT2D eigenvalue weighted by Crippen LogP contribution is -2.28. The molecule has 326 valence electrons. The highest BCUT2D eigenvalue weighted by Crippen LogP contribution is 2.43. The van der Waals surface area contributed by atoms with Crippen LogP contribution in [0.3, 0.4) is 0 Å². The van der Waals surface area contributed by atoms with Crippen LogP contribution in [0.1, 0.15) is 194 Å². The Hall–Kier alpha value is -1.80. The molecule has 3 N–H and O–H groups in total. The van der Waals surface area contributed by atoms with Gasteiger partial charge in [0.05, 0.1) is 19.8 Å². The van der Waals surface area contributed by atoms with Crippen LogP contribution >= 0.6 is 7.82 Å². The molecule has 0 bridgehead atoms. The van der Waals surface area contributed by atoms with Crippen LogP contribution in [0.15, 0.2) is 60.8 Å². The molecule has 2 atom stereocenters. The zero-order valence-electron chi connectivity index (χ0n) is 36.1. The lowest BCUT2D eigenvalue weighted by atomic mass is 10.0. The molecule has 0 saturated heterocycles. The predicted octanol–water partition coefficient (Wildman–Crippen LogP) is 13.8. The van der Waals surface area contributed by atoms with E-state index in [0.717, 1.165) is 70.6 Å². The molecule has 0 radical (unpaired) electrons. The first-order valence-corrected chi connectivity index (χ1v) is 24.3. The number of nitrogens with two attached hydrogens (primary N) is 1. The zero-order chi connectivity index (χ0) is 40.9. The highest BCUT2D eigenvalue weighted by Gasteiger charge is 2.25. The summed E-state index contributed by atoms with van der Waals surface area (Å²) >= 11 is 0. The third-order valence-electron chi connectivity index (χ3n) is 9.45. The van der Waals surface area contributed by atoms with Crippen molar-refractivity contribution in [1.29, 1.82) is 0 Å². The Kier molecular flexibility index (Phi) is 42.9. The van der Waals surface area contributed by atoms with Crippen molar-refractivity contribution in [2.24, 2.45) is 5.73 Å². The fourth-order valence-electron chi connectivity index (χ4n) is 6.14. The van der Waals surface area contributed by atoms with Crippen LogP contribution in [0.25, 0.3) is 0 Å². The normalized spacial score (nSPS) is 14.0. The first-order valence-electron chi connectivity index (χ1n) is 22.8. The molecule has 9 heteroatoms. The molecule has 0 rings (SSSR count). The Balaban J connectivity index is 4.02. The second-order valence-corrected chi connectivity index (χ2v) is 16.3. The van der Waals surface area contributed by atoms with Gasteiger partial charge in [-0.2, -0.15) is 0 Å². The summed E-state index contributed by atoms with van der Waals surface area (Å²) in [5.41, 5.74) is 5.37. The maximum Gasteiger partial charge on any atom is 0.472 e. The van der Waals surface area contributed by atoms with Gasteiger partial charge in [-0.3, -0.25) is 13.8 Å². The number of hydrogen-bond acceptors (Lipinski definition) is 7. The summed E-state index contributed by atoms with van der Waals surface area (Å²) in [6, 6.07) is 0. The third kappa shape index (κ3) is 43.3. The van der Waals surface area contributed by atoms with E-state index in [9.17, 15) is 14.3 Å². The van der Waals surface area contributed by atoms with Gasteiger partial charge in [-0.05, 0) is 57.8 Å². The van der Waals surface area contributed by atoms with E-state index < -0.39 is 13.9 Å². The van der Waals surface area contributed by atoms with Gasteiger partial charge >= 0.3 is 13.8 Å². The van der Waals surface area contributed by atoms with E-state index in [1.807, 2.05) is 0 Å². The second kappa shape index (κ2) is 44.3. The van der Waals surface area contributed by atoms with Gasteiger partial charge in [0.15, 0.2) is 0 Å². The van der Waals surface area contributed by atoms with Crippen LogP contribution < -0.4 is 5.73 Å². The number of carbonyl (C=O) groups is 1. The largest absolute Gasteiger partial charge is 0.472 e. The van der Waals surface area contributed by atoms with Crippen LogP contribution in [0.4, 0.5) is 0 Å². The fraction of sp³-hybridized carbons (Fsp3) is 0.766. The van der Waals surface area contributed by atoms with E-state index in [0.29, 0.717) is 13.0 Å². The molecule has 0 aromatic heterocycles. The number of carbonyl (C=O) groups excluding carboxylic acids is 1. The van der Waals surface area contributed by atoms with Gasteiger partial charge in [0.2, 0.25) is 0 Å². The number of phosphoric ester groups is 1. The van der Waals surface area contributed by atoms with Gasteiger partial charge < -0.3 is 20.1 Å². The summed E-state index contributed by atoms with van der Waals surface area (Å²) in [6.07, 6.45) is 53.8. The molecule has 0 aromatic carbocycles. The molecule has 0 fully saturated rings. The molecule has 0 spiro atoms. The van der Waals surface area contributed by atoms with Crippen molar-refractivity contribution in [2.75, 3.05) is 33.0 Å². The molecule has 0 aliphatic rings. The van der Waals surface area contributed by atoms with Gasteiger partial charge in [-0.25, -0.2) is 4.57 Å². The number of esters is 1. The lowest BCUT2D eigenvalue weighted by Gasteiger charge is -2.20. The van der Waals surface area contributed by atoms with Crippen LogP contribution in [0.5, 0.6) is 0 Å². The Morgan fingerprint density at radius 1 is 0.554 bits per heavy atom. The maximum absolute atomic E-state index is 12.6. The minimum Gasteiger partial charge on any atom is -0.457 e. The highest BCUT2D eigenvalue weighted by atomic mass is 31.2. The summed E-state index contributed by atoms with van der Waals surface area (Å²) in [5.74, 6) is -0.341. The van der Waals surface area contributed by atoms with Crippen molar-refractivity contribution in [3.63, 3.8) is 0 Å². The molecular weight excluding hydrogens is 721 g/mol. The quantitative estimate of drug-likeness (QED) is 0.0271. The summed E-state index contributed by atoms with van der Waals surface area (Å²) < 4.78 is 33.5. The Labute approximate surface area is 344 Å². The summed E-state index contributed by atoms with van der Waals surface area (Å²) in [5, 5.41) is 0. The van der Waals surface area contributed by atoms with E-state index >= 15 is 0 Å². The monoisotopic (exact) mass is 808 g/mol. The van der Waals surface area contributed by atoms with E-state index in [1.165, 1.54) is 103 Å². The van der Waals surface area contributed by atoms with Gasteiger partial charge in [0.1, 0.15) is 6.10 Å². The zero-order valence-corrected chi connectivity index (χ0v) is 37.0. The maximum atomic E-state index is 12.6. The average molecular weight is 808 g/mol. The smallest absolute Gasteiger partial charge is 0.457 e. The SMILES string of the molecule is CC/C=C\C/C=C\C/C=C\C/C=C\C/C=C\CCCCCCCCCC(=O)OC(COCCCCCCCCCCCCCCCC)COP(=O)(O)OCCN. The third-order valence-corrected chi connectivity index (χ3v) is 10.4. The number of allylic oxidation sites excluding steroid dienone is 10. The van der Waals surface area contributed by atoms with Gasteiger partial charge in [0.25, 0.3) is 0 Å². The highest BCUT2D eigenvalue weighted by molar-refractivity contribution is 7.47. The summed E-state index contributed by atoms with van der Waals surface area (Å²) in [4.78, 5) is 22.5. The van der Waals surface area contributed by atoms with Crippen LogP contribution in [0, 0.1) is 0 Å². The molecule has 0 aliphatic heterocycles. The number of phosphoric acid groups is 1. The van der Waals surface area contributed by atoms with E-state index in [1.54, 1.807) is 0 Å². The van der Waals surface area contributed by atoms with Crippen LogP contribution in [-0.2, 0) is 27.9 Å². The van der Waals surface area contributed by atoms with Crippen molar-refractivity contribution < 1.29 is 32.8 Å². The van der Waals surface area contributed by atoms with E-state index in [4.69, 9.17) is 24.3 Å². The van der Waals surface area contributed by atoms with Crippen molar-refractivity contribution in [2.45, 2.75) is 200 Å². The van der Waals surface area contributed by atoms with Gasteiger partial charge in [-0.15, -0.1) is 0 Å². The first kappa shape index (κ1) is 54.2. The van der Waals surface area contributed by atoms with E-state index in [-0.39, 0.29) is 32.3 Å². The topological polar surface area (TPSA) is 117 Å². The number of unbranched alkanes of at least 4 members (excludes halogenated alkanes) is 20. The number of hydrogen-bond donors (Lipinski definition) is 2. The molecule has 0 aromatic rings. The molecule has 0 aliphatic carbocycles. The molecule has 56 heavy (non-hydrogen) atoms. The molecule has 0 amide bonds. The molecule has 2 unspecified atom stereocenters. The van der Waals surface area contributed by atoms with E-state index in [2.05, 4.69) is 74.6 Å². The predicted molar refractivity (Wildman–Crippen MR) is 238 cm³/mol. The second-order valence-electron chi connectivity index (χ2n) is 14.9. The van der Waals surface area contributed by atoms with Crippen molar-refractivity contribution >= 4 is 13.8 Å². The lowest BCUT2D eigenvalue weighted by molar-refractivity contribution is -0.154. The van der Waals surface area contributed by atoms with Gasteiger partial charge in [0, 0.05) is 19.6 Å². The summed E-state index contributed by atoms with van der Waals surface area (Å²) in [7, 11) is -4.28. The average Bonchev–Trinajstić information content (AvgIpc) is 3.19. The van der Waals surface area contributed by atoms with Crippen molar-refractivity contribution in [1.82, 2.24) is 0 Å². The molecule has 0 saturated carbocycles. The molecule has 8 nitrogen and oxygen atoms in total. The van der Waals surface area contributed by atoms with Crippen LogP contribution in [-0.4, -0.2) is 49.9 Å². The van der Waals surface area contributed by atoms with Crippen LogP contribution in [0.2, 0.25) is 0 Å². The molecular formula is C47H86NO7P. The fourth-order valence-corrected chi connectivity index (χ4v) is 6.91. The minimum atomic E-state index is -4.28. The Morgan fingerprint density at radius 3 is 1.50 bits per heavy atom. The van der Waals surface area contributed by atoms with Crippen molar-refractivity contribution in [3.05, 3.63) is 60.8 Å². The van der Waals surface area contributed by atoms with Gasteiger partial charge in [-0.1, -0.05) is 190 Å². The Morgan fingerprint density at radius 2 is 1.00 bits per heavy atom. The minimum absolute atomic E-state index is 0.0970.